The van der Waals surface area contributed by atoms with Crippen molar-refractivity contribution in [1.82, 2.24) is 5.32 Å². The number of methoxy groups -OCH3 is 1. The van der Waals surface area contributed by atoms with E-state index in [0.29, 0.717) is 23.0 Å². The molecule has 2 atom stereocenters. The minimum Gasteiger partial charge on any atom is -0.495 e. The first kappa shape index (κ1) is 21.7. The zero-order chi connectivity index (χ0) is 20.5. The van der Waals surface area contributed by atoms with Crippen molar-refractivity contribution in [3.05, 3.63) is 59.1 Å². The van der Waals surface area contributed by atoms with Crippen molar-refractivity contribution in [2.45, 2.75) is 19.9 Å². The van der Waals surface area contributed by atoms with E-state index in [-0.39, 0.29) is 30.9 Å². The Hall–Kier alpha value is -2.57. The third-order valence-corrected chi connectivity index (χ3v) is 4.70. The van der Waals surface area contributed by atoms with E-state index in [9.17, 15) is 9.59 Å². The Balaban J connectivity index is 1.87. The number of carbonyl (C=O) groups excluding carboxylic acids is 2. The third kappa shape index (κ3) is 6.55. The summed E-state index contributed by atoms with van der Waals surface area (Å²) in [5.74, 6) is 0.327. The lowest BCUT2D eigenvalue weighted by Gasteiger charge is -2.19. The maximum atomic E-state index is 12.4. The Morgan fingerprint density at radius 2 is 1.71 bits per heavy atom. The van der Waals surface area contributed by atoms with Crippen LogP contribution in [0.25, 0.3) is 0 Å². The molecule has 150 valence electrons. The fourth-order valence-electron chi connectivity index (χ4n) is 2.84. The first-order valence-corrected chi connectivity index (χ1v) is 9.62. The largest absolute Gasteiger partial charge is 0.495 e. The van der Waals surface area contributed by atoms with E-state index < -0.39 is 0 Å². The molecule has 0 saturated carbocycles. The lowest BCUT2D eigenvalue weighted by atomic mass is 10.1. The van der Waals surface area contributed by atoms with E-state index in [4.69, 9.17) is 16.3 Å². The first-order chi connectivity index (χ1) is 13.4. The summed E-state index contributed by atoms with van der Waals surface area (Å²) in [7, 11) is 1.56. The van der Waals surface area contributed by atoms with Crippen LogP contribution in [-0.2, 0) is 9.59 Å². The maximum Gasteiger partial charge on any atom is 0.279 e. The zero-order valence-corrected chi connectivity index (χ0v) is 17.2. The number of benzene rings is 2. The van der Waals surface area contributed by atoms with Gasteiger partial charge in [0.2, 0.25) is 0 Å². The van der Waals surface area contributed by atoms with Gasteiger partial charge >= 0.3 is 0 Å². The standard InChI is InChI=1S/C21H26ClN3O3/c1-4-25(14-21(27)24-18-7-5-6-8-19(18)28-3)13-20(26)23-15(2)16-9-11-17(22)12-10-16/h5-12,15H,4,13-14H2,1-3H3,(H,23,26)(H,24,27)/p+1/t15-/m1/s1. The number of nitrogens with one attached hydrogen (secondary N) is 3. The number of quaternary nitrogens is 1. The zero-order valence-electron chi connectivity index (χ0n) is 16.4. The van der Waals surface area contributed by atoms with E-state index in [1.54, 1.807) is 31.4 Å². The topological polar surface area (TPSA) is 71.9 Å². The molecule has 1 unspecified atom stereocenters. The van der Waals surface area contributed by atoms with E-state index in [1.165, 1.54) is 0 Å². The number of likely N-dealkylation sites (N-methyl/N-ethyl adjacent to an activating group) is 1. The molecule has 0 aliphatic rings. The van der Waals surface area contributed by atoms with Gasteiger partial charge in [-0.3, -0.25) is 9.59 Å². The number of carbonyl (C=O) groups is 2. The molecule has 7 heteroatoms. The fraction of sp³-hybridized carbons (Fsp3) is 0.333. The maximum absolute atomic E-state index is 12.4. The Morgan fingerprint density at radius 3 is 2.36 bits per heavy atom. The molecule has 0 bridgehead atoms. The van der Waals surface area contributed by atoms with Gasteiger partial charge in [0.25, 0.3) is 11.8 Å². The molecule has 0 fully saturated rings. The highest BCUT2D eigenvalue weighted by Gasteiger charge is 2.19. The molecule has 3 N–H and O–H groups in total. The fourth-order valence-corrected chi connectivity index (χ4v) is 2.96. The molecule has 0 radical (unpaired) electrons. The van der Waals surface area contributed by atoms with Crippen LogP contribution in [0.2, 0.25) is 5.02 Å². The van der Waals surface area contributed by atoms with Crippen LogP contribution in [0.3, 0.4) is 0 Å². The van der Waals surface area contributed by atoms with E-state index in [2.05, 4.69) is 10.6 Å². The van der Waals surface area contributed by atoms with Gasteiger partial charge in [0, 0.05) is 5.02 Å². The molecule has 0 aliphatic heterocycles. The van der Waals surface area contributed by atoms with Crippen molar-refractivity contribution < 1.29 is 19.2 Å². The van der Waals surface area contributed by atoms with Gasteiger partial charge in [-0.05, 0) is 43.7 Å². The first-order valence-electron chi connectivity index (χ1n) is 9.24. The van der Waals surface area contributed by atoms with Crippen molar-refractivity contribution in [3.63, 3.8) is 0 Å². The van der Waals surface area contributed by atoms with Crippen molar-refractivity contribution in [2.75, 3.05) is 32.1 Å². The Kier molecular flexibility index (Phi) is 8.29. The summed E-state index contributed by atoms with van der Waals surface area (Å²) in [6, 6.07) is 14.5. The molecular weight excluding hydrogens is 378 g/mol. The monoisotopic (exact) mass is 404 g/mol. The highest BCUT2D eigenvalue weighted by atomic mass is 35.5. The molecule has 6 nitrogen and oxygen atoms in total. The Bertz CT molecular complexity index is 796. The predicted octanol–water partition coefficient (Wildman–Crippen LogP) is 2.07. The summed E-state index contributed by atoms with van der Waals surface area (Å²) in [6.07, 6.45) is 0. The van der Waals surface area contributed by atoms with Crippen molar-refractivity contribution in [1.29, 1.82) is 0 Å². The molecule has 2 rings (SSSR count). The summed E-state index contributed by atoms with van der Waals surface area (Å²) in [5, 5.41) is 6.47. The summed E-state index contributed by atoms with van der Waals surface area (Å²) in [6.45, 7) is 4.93. The van der Waals surface area contributed by atoms with Crippen LogP contribution in [0.15, 0.2) is 48.5 Å². The van der Waals surface area contributed by atoms with Gasteiger partial charge in [0.15, 0.2) is 13.1 Å². The van der Waals surface area contributed by atoms with Gasteiger partial charge in [0.1, 0.15) is 5.75 Å². The quantitative estimate of drug-likeness (QED) is 0.599. The van der Waals surface area contributed by atoms with Gasteiger partial charge in [-0.2, -0.15) is 0 Å². The Morgan fingerprint density at radius 1 is 1.07 bits per heavy atom. The molecular formula is C21H27ClN3O3+. The second-order valence-electron chi connectivity index (χ2n) is 6.55. The number of para-hydroxylation sites is 2. The van der Waals surface area contributed by atoms with Crippen LogP contribution in [-0.4, -0.2) is 38.6 Å². The van der Waals surface area contributed by atoms with Crippen molar-refractivity contribution in [3.8, 4) is 5.75 Å². The normalized spacial score (nSPS) is 12.7. The Labute approximate surface area is 170 Å². The number of hydrogen-bond donors (Lipinski definition) is 3. The van der Waals surface area contributed by atoms with Gasteiger partial charge in [-0.1, -0.05) is 35.9 Å². The smallest absolute Gasteiger partial charge is 0.279 e. The van der Waals surface area contributed by atoms with Crippen LogP contribution in [0.5, 0.6) is 5.75 Å². The highest BCUT2D eigenvalue weighted by Crippen LogP contribution is 2.22. The molecule has 2 aromatic carbocycles. The lowest BCUT2D eigenvalue weighted by molar-refractivity contribution is -0.881. The molecule has 0 aliphatic carbocycles. The number of ether oxygens (including phenoxy) is 1. The molecule has 0 saturated heterocycles. The van der Waals surface area contributed by atoms with Crippen molar-refractivity contribution >= 4 is 29.1 Å². The second-order valence-corrected chi connectivity index (χ2v) is 6.98. The summed E-state index contributed by atoms with van der Waals surface area (Å²) < 4.78 is 5.24. The summed E-state index contributed by atoms with van der Waals surface area (Å²) >= 11 is 5.90. The molecule has 0 heterocycles. The molecule has 28 heavy (non-hydrogen) atoms. The number of rotatable bonds is 9. The minimum absolute atomic E-state index is 0.107. The number of halogens is 1. The van der Waals surface area contributed by atoms with Crippen molar-refractivity contribution in [2.24, 2.45) is 0 Å². The van der Waals surface area contributed by atoms with Crippen LogP contribution >= 0.6 is 11.6 Å². The lowest BCUT2D eigenvalue weighted by Crippen LogP contribution is -3.14. The molecule has 0 aromatic heterocycles. The van der Waals surface area contributed by atoms with Gasteiger partial charge < -0.3 is 20.3 Å². The van der Waals surface area contributed by atoms with Gasteiger partial charge in [-0.25, -0.2) is 0 Å². The van der Waals surface area contributed by atoms with Crippen LogP contribution in [0.1, 0.15) is 25.5 Å². The minimum atomic E-state index is -0.167. The molecule has 2 aromatic rings. The highest BCUT2D eigenvalue weighted by molar-refractivity contribution is 6.30. The third-order valence-electron chi connectivity index (χ3n) is 4.45. The van der Waals surface area contributed by atoms with E-state index in [1.807, 2.05) is 38.1 Å². The summed E-state index contributed by atoms with van der Waals surface area (Å²) in [4.78, 5) is 25.6. The average molecular weight is 405 g/mol. The average Bonchev–Trinajstić information content (AvgIpc) is 2.68. The number of amides is 2. The predicted molar refractivity (Wildman–Crippen MR) is 111 cm³/mol. The second kappa shape index (κ2) is 10.7. The van der Waals surface area contributed by atoms with Crippen LogP contribution < -0.4 is 20.3 Å². The van der Waals surface area contributed by atoms with Crippen LogP contribution in [0.4, 0.5) is 5.69 Å². The summed E-state index contributed by atoms with van der Waals surface area (Å²) in [5.41, 5.74) is 1.59. The molecule has 2 amide bonds. The van der Waals surface area contributed by atoms with Crippen LogP contribution in [0, 0.1) is 0 Å². The molecule has 0 spiro atoms. The van der Waals surface area contributed by atoms with E-state index >= 15 is 0 Å². The van der Waals surface area contributed by atoms with Gasteiger partial charge in [-0.15, -0.1) is 0 Å². The number of anilines is 1. The van der Waals surface area contributed by atoms with E-state index in [0.717, 1.165) is 10.5 Å². The SMILES string of the molecule is CC[NH+](CC(=O)Nc1ccccc1OC)CC(=O)N[C@H](C)c1ccc(Cl)cc1. The van der Waals surface area contributed by atoms with Gasteiger partial charge in [0.05, 0.1) is 25.4 Å². The number of hydrogen-bond acceptors (Lipinski definition) is 3.